The van der Waals surface area contributed by atoms with Crippen LogP contribution in [-0.2, 0) is 6.42 Å². The van der Waals surface area contributed by atoms with E-state index in [1.54, 1.807) is 6.20 Å². The van der Waals surface area contributed by atoms with Crippen LogP contribution in [0, 0.1) is 11.6 Å². The third-order valence-corrected chi connectivity index (χ3v) is 5.36. The Bertz CT molecular complexity index is 1210. The van der Waals surface area contributed by atoms with Crippen molar-refractivity contribution in [3.05, 3.63) is 82.7 Å². The van der Waals surface area contributed by atoms with Crippen molar-refractivity contribution in [2.45, 2.75) is 31.2 Å². The quantitative estimate of drug-likeness (QED) is 0.674. The summed E-state index contributed by atoms with van der Waals surface area (Å²) in [6.45, 7) is 0. The zero-order valence-electron chi connectivity index (χ0n) is 16.3. The van der Waals surface area contributed by atoms with E-state index in [1.807, 2.05) is 0 Å². The Morgan fingerprint density at radius 3 is 2.68 bits per heavy atom. The number of carbonyl (C=O) groups is 1. The van der Waals surface area contributed by atoms with Gasteiger partial charge in [-0.15, -0.1) is 0 Å². The molecule has 1 amide bonds. The van der Waals surface area contributed by atoms with E-state index in [0.29, 0.717) is 29.2 Å². The highest BCUT2D eigenvalue weighted by Gasteiger charge is 2.30. The van der Waals surface area contributed by atoms with Gasteiger partial charge in [-0.05, 0) is 43.2 Å². The van der Waals surface area contributed by atoms with Gasteiger partial charge >= 0.3 is 0 Å². The molecule has 5 rings (SSSR count). The molecule has 1 fully saturated rings. The molecule has 1 aliphatic carbocycles. The largest absolute Gasteiger partial charge is 0.383 e. The third kappa shape index (κ3) is 3.86. The minimum atomic E-state index is -0.574. The Morgan fingerprint density at radius 1 is 1.10 bits per heavy atom. The number of nitrogens with two attached hydrogens (primary N) is 1. The molecule has 0 radical (unpaired) electrons. The number of nitrogens with one attached hydrogen (secondary N) is 1. The lowest BCUT2D eigenvalue weighted by atomic mass is 9.96. The highest BCUT2D eigenvalue weighted by atomic mass is 19.1. The van der Waals surface area contributed by atoms with Gasteiger partial charge in [-0.1, -0.05) is 0 Å². The number of pyridine rings is 1. The van der Waals surface area contributed by atoms with Gasteiger partial charge in [0, 0.05) is 29.8 Å². The first-order valence-corrected chi connectivity index (χ1v) is 9.90. The van der Waals surface area contributed by atoms with Crippen molar-refractivity contribution < 1.29 is 13.6 Å². The van der Waals surface area contributed by atoms with Crippen LogP contribution in [0.1, 0.15) is 57.9 Å². The number of amides is 1. The summed E-state index contributed by atoms with van der Waals surface area (Å²) in [7, 11) is 0. The molecule has 0 bridgehead atoms. The maximum atomic E-state index is 14.7. The summed E-state index contributed by atoms with van der Waals surface area (Å²) in [4.78, 5) is 29.6. The Kier molecular flexibility index (Phi) is 4.65. The lowest BCUT2D eigenvalue weighted by Gasteiger charge is -2.22. The Morgan fingerprint density at radius 2 is 1.94 bits per heavy atom. The van der Waals surface area contributed by atoms with Crippen LogP contribution in [0.25, 0.3) is 0 Å². The summed E-state index contributed by atoms with van der Waals surface area (Å²) < 4.78 is 27.7. The molecule has 3 heterocycles. The van der Waals surface area contributed by atoms with Crippen molar-refractivity contribution in [2.24, 2.45) is 10.7 Å². The number of hydrogen-bond acceptors (Lipinski definition) is 6. The summed E-state index contributed by atoms with van der Waals surface area (Å²) >= 11 is 0. The molecule has 31 heavy (non-hydrogen) atoms. The number of hydrogen-bond donors (Lipinski definition) is 2. The third-order valence-electron chi connectivity index (χ3n) is 5.36. The van der Waals surface area contributed by atoms with Crippen molar-refractivity contribution in [3.8, 4) is 0 Å². The van der Waals surface area contributed by atoms with Crippen molar-refractivity contribution in [2.75, 3.05) is 5.32 Å². The summed E-state index contributed by atoms with van der Waals surface area (Å²) in [5.74, 6) is -0.0873. The molecule has 2 aliphatic rings. The number of aromatic nitrogens is 3. The molecule has 2 aromatic heterocycles. The molecule has 1 saturated carbocycles. The molecule has 156 valence electrons. The van der Waals surface area contributed by atoms with E-state index in [2.05, 4.69) is 25.3 Å². The number of amidine groups is 1. The van der Waals surface area contributed by atoms with Crippen LogP contribution in [0.3, 0.4) is 0 Å². The topological polar surface area (TPSA) is 106 Å². The van der Waals surface area contributed by atoms with Gasteiger partial charge in [0.15, 0.2) is 0 Å². The van der Waals surface area contributed by atoms with Gasteiger partial charge < -0.3 is 11.1 Å². The molecule has 0 spiro atoms. The Labute approximate surface area is 176 Å². The van der Waals surface area contributed by atoms with Crippen molar-refractivity contribution in [1.29, 1.82) is 0 Å². The maximum absolute atomic E-state index is 14.7. The lowest BCUT2D eigenvalue weighted by molar-refractivity contribution is 0.102. The summed E-state index contributed by atoms with van der Waals surface area (Å²) in [6, 6.07) is 6.07. The molecule has 1 aromatic carbocycles. The average Bonchev–Trinajstić information content (AvgIpc) is 3.60. The van der Waals surface area contributed by atoms with Gasteiger partial charge in [0.2, 0.25) is 0 Å². The van der Waals surface area contributed by atoms with Crippen molar-refractivity contribution in [3.63, 3.8) is 0 Å². The number of halogens is 2. The highest BCUT2D eigenvalue weighted by Crippen LogP contribution is 2.39. The number of aliphatic imine (C=N–C) groups is 1. The number of nitrogens with zero attached hydrogens (tertiary/aromatic N) is 4. The second-order valence-electron chi connectivity index (χ2n) is 7.65. The first-order valence-electron chi connectivity index (χ1n) is 9.90. The lowest BCUT2D eigenvalue weighted by Crippen LogP contribution is -2.25. The second kappa shape index (κ2) is 7.50. The first kappa shape index (κ1) is 19.2. The number of anilines is 1. The normalized spacial score (nSPS) is 17.6. The van der Waals surface area contributed by atoms with Crippen LogP contribution in [0.2, 0.25) is 0 Å². The van der Waals surface area contributed by atoms with E-state index in [1.165, 1.54) is 24.3 Å². The van der Waals surface area contributed by atoms with E-state index in [9.17, 15) is 13.6 Å². The van der Waals surface area contributed by atoms with E-state index in [-0.39, 0.29) is 11.5 Å². The van der Waals surface area contributed by atoms with Crippen LogP contribution < -0.4 is 11.1 Å². The standard InChI is InChI=1S/C22H18F2N6O/c23-12-3-6-17(26-9-12)22(31)28-13-4-5-16(24)14(7-13)18-8-19-15(20(25)29-18)10-27-21(30-19)11-1-2-11/h3-7,9-11,18H,1-2,8H2,(H2,25,29)(H,28,31). The molecule has 3 N–H and O–H groups in total. The first-order chi connectivity index (χ1) is 15.0. The Balaban J connectivity index is 1.41. The molecule has 3 aromatic rings. The number of benzene rings is 1. The minimum Gasteiger partial charge on any atom is -0.383 e. The van der Waals surface area contributed by atoms with E-state index in [0.717, 1.165) is 36.6 Å². The predicted octanol–water partition coefficient (Wildman–Crippen LogP) is 3.28. The summed E-state index contributed by atoms with van der Waals surface area (Å²) in [5, 5.41) is 2.65. The van der Waals surface area contributed by atoms with Gasteiger partial charge in [-0.2, -0.15) is 0 Å². The fourth-order valence-corrected chi connectivity index (χ4v) is 3.57. The maximum Gasteiger partial charge on any atom is 0.274 e. The van der Waals surface area contributed by atoms with Gasteiger partial charge in [0.25, 0.3) is 5.91 Å². The van der Waals surface area contributed by atoms with Crippen LogP contribution in [-0.4, -0.2) is 26.7 Å². The van der Waals surface area contributed by atoms with E-state index < -0.39 is 23.6 Å². The van der Waals surface area contributed by atoms with Crippen molar-refractivity contribution in [1.82, 2.24) is 15.0 Å². The zero-order valence-corrected chi connectivity index (χ0v) is 16.3. The van der Waals surface area contributed by atoms with Crippen LogP contribution >= 0.6 is 0 Å². The fourth-order valence-electron chi connectivity index (χ4n) is 3.57. The second-order valence-corrected chi connectivity index (χ2v) is 7.65. The van der Waals surface area contributed by atoms with E-state index in [4.69, 9.17) is 5.73 Å². The number of fused-ring (bicyclic) bond motifs is 1. The van der Waals surface area contributed by atoms with Gasteiger partial charge in [0.05, 0.1) is 23.5 Å². The molecule has 1 unspecified atom stereocenters. The molecule has 7 nitrogen and oxygen atoms in total. The van der Waals surface area contributed by atoms with Crippen molar-refractivity contribution >= 4 is 17.4 Å². The molecular weight excluding hydrogens is 402 g/mol. The zero-order chi connectivity index (χ0) is 21.5. The van der Waals surface area contributed by atoms with E-state index >= 15 is 0 Å². The molecule has 0 saturated heterocycles. The average molecular weight is 420 g/mol. The SMILES string of the molecule is NC1=NC(c2cc(NC(=O)c3ccc(F)cn3)ccc2F)Cc2nc(C3CC3)ncc21. The summed E-state index contributed by atoms with van der Waals surface area (Å²) in [5.41, 5.74) is 8.25. The van der Waals surface area contributed by atoms with Crippen LogP contribution in [0.5, 0.6) is 0 Å². The smallest absolute Gasteiger partial charge is 0.274 e. The fraction of sp³-hybridized carbons (Fsp3) is 0.227. The van der Waals surface area contributed by atoms with Gasteiger partial charge in [-0.3, -0.25) is 9.79 Å². The number of rotatable bonds is 4. The summed E-state index contributed by atoms with van der Waals surface area (Å²) in [6.07, 6.45) is 5.18. The molecule has 9 heteroatoms. The molecule has 1 atom stereocenters. The number of carbonyl (C=O) groups excluding carboxylic acids is 1. The predicted molar refractivity (Wildman–Crippen MR) is 110 cm³/mol. The van der Waals surface area contributed by atoms with Gasteiger partial charge in [-0.25, -0.2) is 23.7 Å². The minimum absolute atomic E-state index is 0.0467. The monoisotopic (exact) mass is 420 g/mol. The molecule has 1 aliphatic heterocycles. The highest BCUT2D eigenvalue weighted by molar-refractivity contribution is 6.03. The van der Waals surface area contributed by atoms with Crippen LogP contribution in [0.4, 0.5) is 14.5 Å². The van der Waals surface area contributed by atoms with Gasteiger partial charge in [0.1, 0.15) is 29.0 Å². The Hall–Kier alpha value is -3.75. The van der Waals surface area contributed by atoms with Crippen LogP contribution in [0.15, 0.2) is 47.7 Å². The molecular formula is C22H18F2N6O.